The standard InChI is InChI=1S/C17H16N2O2S/c1-2-21-13-3-4-15-14(9-13)17(20)16(22-15)11-19-10-12-5-7-18-8-6-12/h3-9,11,16H,2,10H2,1H3. The maximum absolute atomic E-state index is 12.4. The number of ketones is 1. The Morgan fingerprint density at radius 3 is 2.91 bits per heavy atom. The smallest absolute Gasteiger partial charge is 0.182 e. The Labute approximate surface area is 133 Å². The first kappa shape index (κ1) is 14.8. The van der Waals surface area contributed by atoms with Crippen molar-refractivity contribution in [3.63, 3.8) is 0 Å². The fourth-order valence-corrected chi connectivity index (χ4v) is 3.33. The van der Waals surface area contributed by atoms with Crippen LogP contribution in [0.1, 0.15) is 22.8 Å². The molecule has 1 unspecified atom stereocenters. The zero-order chi connectivity index (χ0) is 15.4. The summed E-state index contributed by atoms with van der Waals surface area (Å²) in [6.45, 7) is 3.09. The minimum Gasteiger partial charge on any atom is -0.494 e. The zero-order valence-electron chi connectivity index (χ0n) is 12.2. The molecule has 0 aliphatic carbocycles. The number of carbonyl (C=O) groups excluding carboxylic acids is 1. The van der Waals surface area contributed by atoms with Gasteiger partial charge < -0.3 is 4.74 Å². The summed E-state index contributed by atoms with van der Waals surface area (Å²) >= 11 is 1.54. The minimum absolute atomic E-state index is 0.0973. The highest BCUT2D eigenvalue weighted by atomic mass is 32.2. The molecule has 0 saturated carbocycles. The van der Waals surface area contributed by atoms with Crippen LogP contribution in [0.25, 0.3) is 0 Å². The van der Waals surface area contributed by atoms with Crippen LogP contribution >= 0.6 is 11.8 Å². The highest BCUT2D eigenvalue weighted by Crippen LogP contribution is 2.38. The number of fused-ring (bicyclic) bond motifs is 1. The monoisotopic (exact) mass is 312 g/mol. The molecule has 0 saturated heterocycles. The van der Waals surface area contributed by atoms with Gasteiger partial charge in [-0.3, -0.25) is 14.8 Å². The summed E-state index contributed by atoms with van der Waals surface area (Å²) in [5.74, 6) is 0.838. The van der Waals surface area contributed by atoms with Crippen LogP contribution in [0.15, 0.2) is 52.6 Å². The van der Waals surface area contributed by atoms with Gasteiger partial charge in [0.2, 0.25) is 0 Å². The fraction of sp³-hybridized carbons (Fsp3) is 0.235. The average Bonchev–Trinajstić information content (AvgIpc) is 2.85. The van der Waals surface area contributed by atoms with Gasteiger partial charge in [-0.1, -0.05) is 0 Å². The Bertz CT molecular complexity index is 701. The van der Waals surface area contributed by atoms with Gasteiger partial charge in [0.1, 0.15) is 11.0 Å². The molecule has 112 valence electrons. The van der Waals surface area contributed by atoms with Crippen molar-refractivity contribution < 1.29 is 9.53 Å². The number of aliphatic imine (C=N–C) groups is 1. The molecule has 0 fully saturated rings. The van der Waals surface area contributed by atoms with Crippen LogP contribution in [0, 0.1) is 0 Å². The number of hydrogen-bond donors (Lipinski definition) is 0. The first-order valence-electron chi connectivity index (χ1n) is 7.14. The largest absolute Gasteiger partial charge is 0.494 e. The lowest BCUT2D eigenvalue weighted by molar-refractivity contribution is 0.101. The Balaban J connectivity index is 1.68. The molecule has 1 atom stereocenters. The second kappa shape index (κ2) is 6.75. The molecule has 0 bridgehead atoms. The van der Waals surface area contributed by atoms with E-state index in [-0.39, 0.29) is 11.0 Å². The molecule has 1 aromatic heterocycles. The second-order valence-corrected chi connectivity index (χ2v) is 6.02. The van der Waals surface area contributed by atoms with Gasteiger partial charge in [-0.05, 0) is 42.8 Å². The summed E-state index contributed by atoms with van der Waals surface area (Å²) < 4.78 is 5.45. The molecule has 0 spiro atoms. The molecule has 2 aromatic rings. The summed E-state index contributed by atoms with van der Waals surface area (Å²) in [5, 5.41) is -0.242. The average molecular weight is 312 g/mol. The molecule has 3 rings (SSSR count). The van der Waals surface area contributed by atoms with Crippen LogP contribution in [-0.2, 0) is 6.54 Å². The highest BCUT2D eigenvalue weighted by Gasteiger charge is 2.30. The lowest BCUT2D eigenvalue weighted by atomic mass is 10.1. The van der Waals surface area contributed by atoms with Gasteiger partial charge in [-0.2, -0.15) is 0 Å². The van der Waals surface area contributed by atoms with E-state index in [9.17, 15) is 4.79 Å². The maximum Gasteiger partial charge on any atom is 0.182 e. The Kier molecular flexibility index (Phi) is 4.53. The summed E-state index contributed by atoms with van der Waals surface area (Å²) in [6, 6.07) is 9.51. The number of Topliss-reactive ketones (excluding diaryl/α,β-unsaturated/α-hetero) is 1. The van der Waals surface area contributed by atoms with E-state index in [1.807, 2.05) is 37.3 Å². The number of thioether (sulfide) groups is 1. The number of hydrogen-bond acceptors (Lipinski definition) is 5. The second-order valence-electron chi connectivity index (χ2n) is 4.84. The molecule has 1 aromatic carbocycles. The van der Waals surface area contributed by atoms with Crippen LogP contribution in [0.2, 0.25) is 0 Å². The molecule has 1 aliphatic heterocycles. The minimum atomic E-state index is -0.242. The van der Waals surface area contributed by atoms with E-state index in [0.29, 0.717) is 13.2 Å². The van der Waals surface area contributed by atoms with Crippen molar-refractivity contribution in [2.45, 2.75) is 23.6 Å². The van der Waals surface area contributed by atoms with Crippen molar-refractivity contribution in [1.29, 1.82) is 0 Å². The van der Waals surface area contributed by atoms with Gasteiger partial charge in [0.25, 0.3) is 0 Å². The number of rotatable bonds is 5. The van der Waals surface area contributed by atoms with Crippen molar-refractivity contribution in [1.82, 2.24) is 4.98 Å². The van der Waals surface area contributed by atoms with Crippen molar-refractivity contribution in [2.75, 3.05) is 6.61 Å². The van der Waals surface area contributed by atoms with E-state index < -0.39 is 0 Å². The normalized spacial score (nSPS) is 17.0. The summed E-state index contributed by atoms with van der Waals surface area (Å²) in [7, 11) is 0. The number of carbonyl (C=O) groups is 1. The molecule has 22 heavy (non-hydrogen) atoms. The van der Waals surface area contributed by atoms with Crippen LogP contribution in [-0.4, -0.2) is 28.8 Å². The Hall–Kier alpha value is -2.14. The lowest BCUT2D eigenvalue weighted by Crippen LogP contribution is -2.13. The fourth-order valence-electron chi connectivity index (χ4n) is 2.24. The molecular weight excluding hydrogens is 296 g/mol. The quantitative estimate of drug-likeness (QED) is 0.794. The summed E-state index contributed by atoms with van der Waals surface area (Å²) in [4.78, 5) is 21.8. The van der Waals surface area contributed by atoms with Crippen molar-refractivity contribution in [2.24, 2.45) is 4.99 Å². The Morgan fingerprint density at radius 2 is 2.14 bits per heavy atom. The van der Waals surface area contributed by atoms with Crippen molar-refractivity contribution in [3.8, 4) is 5.75 Å². The number of benzene rings is 1. The third-order valence-electron chi connectivity index (χ3n) is 3.30. The first-order chi connectivity index (χ1) is 10.8. The predicted molar refractivity (Wildman–Crippen MR) is 88.0 cm³/mol. The first-order valence-corrected chi connectivity index (χ1v) is 8.02. The van der Waals surface area contributed by atoms with Crippen LogP contribution in [0.5, 0.6) is 5.75 Å². The van der Waals surface area contributed by atoms with E-state index in [1.54, 1.807) is 18.6 Å². The van der Waals surface area contributed by atoms with Crippen LogP contribution in [0.4, 0.5) is 0 Å². The molecule has 0 N–H and O–H groups in total. The molecule has 2 heterocycles. The predicted octanol–water partition coefficient (Wildman–Crippen LogP) is 3.41. The highest BCUT2D eigenvalue weighted by molar-refractivity contribution is 8.02. The van der Waals surface area contributed by atoms with E-state index in [0.717, 1.165) is 21.8 Å². The molecule has 1 aliphatic rings. The van der Waals surface area contributed by atoms with Gasteiger partial charge in [-0.25, -0.2) is 0 Å². The van der Waals surface area contributed by atoms with Gasteiger partial charge in [0, 0.05) is 29.1 Å². The summed E-state index contributed by atoms with van der Waals surface area (Å²) in [6.07, 6.45) is 5.23. The van der Waals surface area contributed by atoms with Gasteiger partial charge in [0.05, 0.1) is 13.2 Å². The molecule has 0 amide bonds. The number of ether oxygens (including phenoxy) is 1. The number of pyridine rings is 1. The van der Waals surface area contributed by atoms with Crippen LogP contribution < -0.4 is 4.74 Å². The van der Waals surface area contributed by atoms with E-state index in [2.05, 4.69) is 9.98 Å². The molecule has 0 radical (unpaired) electrons. The summed E-state index contributed by atoms with van der Waals surface area (Å²) in [5.41, 5.74) is 1.81. The SMILES string of the molecule is CCOc1ccc2c(c1)C(=O)C(C=NCc1ccncc1)S2. The molecule has 4 nitrogen and oxygen atoms in total. The van der Waals surface area contributed by atoms with Gasteiger partial charge >= 0.3 is 0 Å². The zero-order valence-corrected chi connectivity index (χ0v) is 13.0. The van der Waals surface area contributed by atoms with Gasteiger partial charge in [0.15, 0.2) is 5.78 Å². The van der Waals surface area contributed by atoms with E-state index in [1.165, 1.54) is 11.8 Å². The van der Waals surface area contributed by atoms with Crippen LogP contribution in [0.3, 0.4) is 0 Å². The van der Waals surface area contributed by atoms with Crippen molar-refractivity contribution >= 4 is 23.8 Å². The number of aromatic nitrogens is 1. The maximum atomic E-state index is 12.4. The van der Waals surface area contributed by atoms with Gasteiger partial charge in [-0.15, -0.1) is 11.8 Å². The number of nitrogens with zero attached hydrogens (tertiary/aromatic N) is 2. The molecular formula is C17H16N2O2S. The lowest BCUT2D eigenvalue weighted by Gasteiger charge is -2.03. The van der Waals surface area contributed by atoms with E-state index in [4.69, 9.17) is 4.74 Å². The molecule has 5 heteroatoms. The Morgan fingerprint density at radius 1 is 1.32 bits per heavy atom. The van der Waals surface area contributed by atoms with E-state index >= 15 is 0 Å². The third-order valence-corrected chi connectivity index (χ3v) is 4.50. The topological polar surface area (TPSA) is 51.5 Å². The van der Waals surface area contributed by atoms with Crippen molar-refractivity contribution in [3.05, 3.63) is 53.9 Å². The third kappa shape index (κ3) is 3.20.